The van der Waals surface area contributed by atoms with Gasteiger partial charge in [0.25, 0.3) is 0 Å². The lowest BCUT2D eigenvalue weighted by molar-refractivity contribution is -0.133. The molecule has 0 saturated carbocycles. The molecule has 23 heavy (non-hydrogen) atoms. The van der Waals surface area contributed by atoms with Gasteiger partial charge in [0.2, 0.25) is 5.91 Å². The van der Waals surface area contributed by atoms with Crippen molar-refractivity contribution in [2.24, 2.45) is 0 Å². The summed E-state index contributed by atoms with van der Waals surface area (Å²) >= 11 is 0. The highest BCUT2D eigenvalue weighted by Gasteiger charge is 2.42. The Balaban J connectivity index is 1.35. The van der Waals surface area contributed by atoms with Gasteiger partial charge in [-0.2, -0.15) is 0 Å². The average molecular weight is 320 g/mol. The highest BCUT2D eigenvalue weighted by Crippen LogP contribution is 2.26. The van der Waals surface area contributed by atoms with Crippen LogP contribution in [-0.4, -0.2) is 66.8 Å². The molecule has 3 atom stereocenters. The van der Waals surface area contributed by atoms with Crippen LogP contribution in [0.2, 0.25) is 0 Å². The molecule has 1 amide bonds. The Labute approximate surface area is 134 Å². The molecule has 3 fully saturated rings. The fourth-order valence-electron chi connectivity index (χ4n) is 3.77. The van der Waals surface area contributed by atoms with Crippen LogP contribution in [0.4, 0.5) is 10.2 Å². The summed E-state index contributed by atoms with van der Waals surface area (Å²) in [6.07, 6.45) is 3.53. The number of halogens is 1. The van der Waals surface area contributed by atoms with Gasteiger partial charge in [-0.1, -0.05) is 0 Å². The Morgan fingerprint density at radius 2 is 2.17 bits per heavy atom. The molecular formula is C16H21FN4O2. The van der Waals surface area contributed by atoms with Crippen molar-refractivity contribution >= 4 is 11.7 Å². The molecule has 6 nitrogen and oxygen atoms in total. The summed E-state index contributed by atoms with van der Waals surface area (Å²) in [5, 5.41) is 3.40. The quantitative estimate of drug-likeness (QED) is 0.854. The van der Waals surface area contributed by atoms with Crippen molar-refractivity contribution in [3.8, 4) is 0 Å². The summed E-state index contributed by atoms with van der Waals surface area (Å²) in [5.41, 5.74) is 0. The Morgan fingerprint density at radius 3 is 2.91 bits per heavy atom. The summed E-state index contributed by atoms with van der Waals surface area (Å²) in [7, 11) is 0. The van der Waals surface area contributed by atoms with Gasteiger partial charge in [0.05, 0.1) is 12.1 Å². The van der Waals surface area contributed by atoms with Crippen LogP contribution in [-0.2, 0) is 9.53 Å². The number of anilines is 1. The lowest BCUT2D eigenvalue weighted by atomic mass is 10.1. The molecule has 0 radical (unpaired) electrons. The summed E-state index contributed by atoms with van der Waals surface area (Å²) in [5.74, 6) is 0.209. The van der Waals surface area contributed by atoms with E-state index >= 15 is 0 Å². The monoisotopic (exact) mass is 320 g/mol. The van der Waals surface area contributed by atoms with Crippen LogP contribution in [0, 0.1) is 5.82 Å². The number of piperazine rings is 1. The highest BCUT2D eigenvalue weighted by atomic mass is 19.1. The number of fused-ring (bicyclic) bond motifs is 1. The van der Waals surface area contributed by atoms with Gasteiger partial charge in [-0.25, -0.2) is 9.37 Å². The number of nitrogens with zero attached hydrogens (tertiary/aromatic N) is 3. The van der Waals surface area contributed by atoms with Crippen LogP contribution < -0.4 is 10.2 Å². The molecule has 3 aliphatic rings. The van der Waals surface area contributed by atoms with Crippen molar-refractivity contribution in [1.29, 1.82) is 0 Å². The summed E-state index contributed by atoms with van der Waals surface area (Å²) in [6.45, 7) is 3.20. The van der Waals surface area contributed by atoms with E-state index in [0.717, 1.165) is 19.4 Å². The van der Waals surface area contributed by atoms with E-state index in [9.17, 15) is 9.18 Å². The van der Waals surface area contributed by atoms with Crippen LogP contribution in [0.5, 0.6) is 0 Å². The zero-order valence-corrected chi connectivity index (χ0v) is 12.9. The molecule has 124 valence electrons. The Kier molecular flexibility index (Phi) is 3.90. The molecule has 0 aromatic carbocycles. The largest absolute Gasteiger partial charge is 0.376 e. The SMILES string of the molecule is O=C([C@@H]1C[C@@H]2OCC[C@@H]2N1)N1CCN(c2ncccc2F)CC1. The van der Waals surface area contributed by atoms with E-state index in [1.165, 1.54) is 6.07 Å². The maximum absolute atomic E-state index is 13.8. The van der Waals surface area contributed by atoms with Crippen molar-refractivity contribution in [2.45, 2.75) is 31.0 Å². The van der Waals surface area contributed by atoms with Crippen molar-refractivity contribution in [2.75, 3.05) is 37.7 Å². The molecule has 0 bridgehead atoms. The number of aromatic nitrogens is 1. The molecule has 1 N–H and O–H groups in total. The normalized spacial score (nSPS) is 30.6. The van der Waals surface area contributed by atoms with Gasteiger partial charge in [0.15, 0.2) is 11.6 Å². The maximum atomic E-state index is 13.8. The summed E-state index contributed by atoms with van der Waals surface area (Å²) in [6, 6.07) is 3.20. The first-order valence-corrected chi connectivity index (χ1v) is 8.24. The van der Waals surface area contributed by atoms with E-state index in [-0.39, 0.29) is 23.9 Å². The third-order valence-electron chi connectivity index (χ3n) is 5.02. The minimum atomic E-state index is -0.310. The van der Waals surface area contributed by atoms with E-state index in [2.05, 4.69) is 10.3 Å². The molecule has 3 aliphatic heterocycles. The molecule has 0 unspecified atom stereocenters. The second-order valence-corrected chi connectivity index (χ2v) is 6.38. The van der Waals surface area contributed by atoms with Crippen molar-refractivity contribution in [3.05, 3.63) is 24.1 Å². The van der Waals surface area contributed by atoms with Gasteiger partial charge >= 0.3 is 0 Å². The van der Waals surface area contributed by atoms with Crippen molar-refractivity contribution in [3.63, 3.8) is 0 Å². The first-order chi connectivity index (χ1) is 11.2. The number of carbonyl (C=O) groups excluding carboxylic acids is 1. The van der Waals surface area contributed by atoms with Gasteiger partial charge in [-0.3, -0.25) is 4.79 Å². The summed E-state index contributed by atoms with van der Waals surface area (Å²) < 4.78 is 19.4. The molecule has 4 rings (SSSR count). The molecule has 3 saturated heterocycles. The van der Waals surface area contributed by atoms with Gasteiger partial charge < -0.3 is 19.9 Å². The second-order valence-electron chi connectivity index (χ2n) is 6.38. The number of amides is 1. The first kappa shape index (κ1) is 14.8. The molecule has 0 spiro atoms. The van der Waals surface area contributed by atoms with Crippen LogP contribution >= 0.6 is 0 Å². The number of carbonyl (C=O) groups is 1. The molecule has 4 heterocycles. The lowest BCUT2D eigenvalue weighted by Gasteiger charge is -2.36. The fourth-order valence-corrected chi connectivity index (χ4v) is 3.77. The first-order valence-electron chi connectivity index (χ1n) is 8.24. The molecule has 1 aromatic rings. The number of hydrogen-bond donors (Lipinski definition) is 1. The van der Waals surface area contributed by atoms with Crippen LogP contribution in [0.3, 0.4) is 0 Å². The minimum absolute atomic E-state index is 0.136. The summed E-state index contributed by atoms with van der Waals surface area (Å²) in [4.78, 5) is 20.5. The predicted octanol–water partition coefficient (Wildman–Crippen LogP) is 0.389. The zero-order chi connectivity index (χ0) is 15.8. The number of nitrogens with one attached hydrogen (secondary N) is 1. The lowest BCUT2D eigenvalue weighted by Crippen LogP contribution is -2.53. The van der Waals surface area contributed by atoms with E-state index in [1.54, 1.807) is 12.3 Å². The van der Waals surface area contributed by atoms with Gasteiger partial charge in [-0.15, -0.1) is 0 Å². The minimum Gasteiger partial charge on any atom is -0.376 e. The molecule has 0 aliphatic carbocycles. The number of pyridine rings is 1. The highest BCUT2D eigenvalue weighted by molar-refractivity contribution is 5.82. The standard InChI is InChI=1S/C16H21FN4O2/c17-11-2-1-4-18-15(11)20-5-7-21(8-6-20)16(22)13-10-14-12(19-13)3-9-23-14/h1-2,4,12-14,19H,3,5-10H2/t12-,13-,14-/m0/s1. The number of ether oxygens (including phenoxy) is 1. The van der Waals surface area contributed by atoms with Crippen LogP contribution in [0.15, 0.2) is 18.3 Å². The van der Waals surface area contributed by atoms with Crippen molar-refractivity contribution in [1.82, 2.24) is 15.2 Å². The molecule has 1 aromatic heterocycles. The van der Waals surface area contributed by atoms with Gasteiger partial charge in [0.1, 0.15) is 0 Å². The third kappa shape index (κ3) is 2.79. The van der Waals surface area contributed by atoms with E-state index < -0.39 is 0 Å². The Morgan fingerprint density at radius 1 is 1.35 bits per heavy atom. The van der Waals surface area contributed by atoms with Gasteiger partial charge in [-0.05, 0) is 25.0 Å². The van der Waals surface area contributed by atoms with E-state index in [1.807, 2.05) is 9.80 Å². The van der Waals surface area contributed by atoms with Gasteiger partial charge in [0, 0.05) is 45.0 Å². The van der Waals surface area contributed by atoms with E-state index in [0.29, 0.717) is 38.0 Å². The second kappa shape index (κ2) is 6.05. The Hall–Kier alpha value is -1.73. The molecular weight excluding hydrogens is 299 g/mol. The number of rotatable bonds is 2. The molecule has 7 heteroatoms. The number of hydrogen-bond acceptors (Lipinski definition) is 5. The zero-order valence-electron chi connectivity index (χ0n) is 12.9. The topological polar surface area (TPSA) is 57.7 Å². The van der Waals surface area contributed by atoms with Crippen LogP contribution in [0.1, 0.15) is 12.8 Å². The fraction of sp³-hybridized carbons (Fsp3) is 0.625. The van der Waals surface area contributed by atoms with Crippen LogP contribution in [0.25, 0.3) is 0 Å². The maximum Gasteiger partial charge on any atom is 0.239 e. The van der Waals surface area contributed by atoms with Crippen molar-refractivity contribution < 1.29 is 13.9 Å². The smallest absolute Gasteiger partial charge is 0.239 e. The predicted molar refractivity (Wildman–Crippen MR) is 82.7 cm³/mol. The third-order valence-corrected chi connectivity index (χ3v) is 5.02. The Bertz CT molecular complexity index is 579. The average Bonchev–Trinajstić information content (AvgIpc) is 3.16. The van der Waals surface area contributed by atoms with E-state index in [4.69, 9.17) is 4.74 Å².